The summed E-state index contributed by atoms with van der Waals surface area (Å²) in [5.74, 6) is 0.840. The third-order valence-corrected chi connectivity index (χ3v) is 2.11. The summed E-state index contributed by atoms with van der Waals surface area (Å²) >= 11 is 0. The Hall–Kier alpha value is -1.76. The highest BCUT2D eigenvalue weighted by molar-refractivity contribution is 5.72. The fourth-order valence-corrected chi connectivity index (χ4v) is 1.21. The minimum Gasteiger partial charge on any atom is -0.497 e. The number of allylic oxidation sites excluding steroid dienone is 4. The van der Waals surface area contributed by atoms with Crippen molar-refractivity contribution in [1.29, 1.82) is 0 Å². The number of hydrogen-bond donors (Lipinski definition) is 0. The van der Waals surface area contributed by atoms with Gasteiger partial charge in [0.05, 0.1) is 7.11 Å². The highest BCUT2D eigenvalue weighted by Gasteiger charge is 1.93. The smallest absolute Gasteiger partial charge is 0.114 e. The van der Waals surface area contributed by atoms with Crippen LogP contribution in [0.3, 0.4) is 0 Å². The zero-order chi connectivity index (χ0) is 15.1. The van der Waals surface area contributed by atoms with Gasteiger partial charge in [-0.25, -0.2) is 0 Å². The van der Waals surface area contributed by atoms with Crippen molar-refractivity contribution in [3.05, 3.63) is 66.5 Å². The third kappa shape index (κ3) is 8.90. The van der Waals surface area contributed by atoms with E-state index >= 15 is 0 Å². The lowest BCUT2D eigenvalue weighted by atomic mass is 10.1. The van der Waals surface area contributed by atoms with Crippen LogP contribution in [0.15, 0.2) is 60.9 Å². The second-order valence-electron chi connectivity index (χ2n) is 3.12. The van der Waals surface area contributed by atoms with Crippen LogP contribution in [0.4, 0.5) is 0 Å². The third-order valence-electron chi connectivity index (χ3n) is 2.11. The van der Waals surface area contributed by atoms with E-state index in [2.05, 4.69) is 6.58 Å². The molecule has 0 aromatic heterocycles. The van der Waals surface area contributed by atoms with Crippen LogP contribution in [-0.4, -0.2) is 7.11 Å². The van der Waals surface area contributed by atoms with E-state index in [1.54, 1.807) is 7.11 Å². The van der Waals surface area contributed by atoms with Gasteiger partial charge in [0.2, 0.25) is 0 Å². The minimum atomic E-state index is 0.840. The SMILES string of the molecule is C=C(/C=C\C(=C/C)OC)c1ccccc1.CC.CC. The molecule has 0 aliphatic rings. The zero-order valence-corrected chi connectivity index (χ0v) is 13.2. The molecule has 0 aliphatic carbocycles. The van der Waals surface area contributed by atoms with Crippen molar-refractivity contribution in [3.8, 4) is 0 Å². The Labute approximate surface area is 119 Å². The lowest BCUT2D eigenvalue weighted by molar-refractivity contribution is 0.306. The molecule has 0 saturated carbocycles. The van der Waals surface area contributed by atoms with E-state index in [0.717, 1.165) is 16.9 Å². The monoisotopic (exact) mass is 260 g/mol. The van der Waals surface area contributed by atoms with Gasteiger partial charge in [0.15, 0.2) is 0 Å². The Kier molecular flexibility index (Phi) is 14.7. The summed E-state index contributed by atoms with van der Waals surface area (Å²) in [6, 6.07) is 10.1. The normalized spacial score (nSPS) is 9.89. The lowest BCUT2D eigenvalue weighted by Crippen LogP contribution is -1.81. The maximum Gasteiger partial charge on any atom is 0.114 e. The molecule has 1 nitrogen and oxygen atoms in total. The van der Waals surface area contributed by atoms with Crippen LogP contribution >= 0.6 is 0 Å². The second-order valence-corrected chi connectivity index (χ2v) is 3.12. The van der Waals surface area contributed by atoms with Gasteiger partial charge in [0.1, 0.15) is 5.76 Å². The van der Waals surface area contributed by atoms with E-state index < -0.39 is 0 Å². The fourth-order valence-electron chi connectivity index (χ4n) is 1.21. The molecule has 0 heterocycles. The highest BCUT2D eigenvalue weighted by Crippen LogP contribution is 2.13. The summed E-state index contributed by atoms with van der Waals surface area (Å²) in [6.07, 6.45) is 5.78. The Morgan fingerprint density at radius 2 is 1.53 bits per heavy atom. The molecule has 0 bridgehead atoms. The molecule has 0 spiro atoms. The summed E-state index contributed by atoms with van der Waals surface area (Å²) in [5, 5.41) is 0. The standard InChI is InChI=1S/C14H16O.2C2H6/c1-4-14(15-3)11-10-12(2)13-8-6-5-7-9-13;2*1-2/h4-11H,2H2,1,3H3;2*1-2H3/b11-10-,14-4+;;. The molecule has 1 aromatic carbocycles. The van der Waals surface area contributed by atoms with Crippen LogP contribution in [0, 0.1) is 0 Å². The van der Waals surface area contributed by atoms with E-state index in [1.807, 2.05) is 83.2 Å². The molecule has 106 valence electrons. The van der Waals surface area contributed by atoms with Gasteiger partial charge in [-0.3, -0.25) is 0 Å². The van der Waals surface area contributed by atoms with Crippen LogP contribution in [0.5, 0.6) is 0 Å². The summed E-state index contributed by atoms with van der Waals surface area (Å²) in [5.41, 5.74) is 2.10. The number of ether oxygens (including phenoxy) is 1. The molecule has 1 heteroatoms. The first-order valence-electron chi connectivity index (χ1n) is 6.90. The van der Waals surface area contributed by atoms with Gasteiger partial charge in [-0.15, -0.1) is 0 Å². The van der Waals surface area contributed by atoms with Crippen LogP contribution in [0.1, 0.15) is 40.2 Å². The van der Waals surface area contributed by atoms with Gasteiger partial charge in [-0.05, 0) is 30.2 Å². The highest BCUT2D eigenvalue weighted by atomic mass is 16.5. The van der Waals surface area contributed by atoms with Crippen LogP contribution in [0.2, 0.25) is 0 Å². The van der Waals surface area contributed by atoms with Crippen LogP contribution in [0.25, 0.3) is 5.57 Å². The molecule has 0 atom stereocenters. The Balaban J connectivity index is 0. The van der Waals surface area contributed by atoms with E-state index in [0.29, 0.717) is 0 Å². The van der Waals surface area contributed by atoms with E-state index in [4.69, 9.17) is 4.74 Å². The molecule has 0 saturated heterocycles. The average Bonchev–Trinajstić information content (AvgIpc) is 2.53. The lowest BCUT2D eigenvalue weighted by Gasteiger charge is -2.01. The van der Waals surface area contributed by atoms with Crippen LogP contribution in [-0.2, 0) is 4.74 Å². The molecule has 1 rings (SSSR count). The Morgan fingerprint density at radius 3 is 1.95 bits per heavy atom. The van der Waals surface area contributed by atoms with Crippen molar-refractivity contribution in [1.82, 2.24) is 0 Å². The fraction of sp³-hybridized carbons (Fsp3) is 0.333. The van der Waals surface area contributed by atoms with E-state index in [-0.39, 0.29) is 0 Å². The molecular formula is C18H28O. The van der Waals surface area contributed by atoms with Gasteiger partial charge in [-0.1, -0.05) is 70.7 Å². The summed E-state index contributed by atoms with van der Waals surface area (Å²) < 4.78 is 5.12. The van der Waals surface area contributed by atoms with Crippen molar-refractivity contribution >= 4 is 5.57 Å². The number of rotatable bonds is 4. The Bertz CT molecular complexity index is 372. The van der Waals surface area contributed by atoms with Gasteiger partial charge in [0, 0.05) is 0 Å². The maximum atomic E-state index is 5.12. The first-order chi connectivity index (χ1) is 9.27. The Morgan fingerprint density at radius 1 is 1.00 bits per heavy atom. The van der Waals surface area contributed by atoms with Crippen molar-refractivity contribution in [3.63, 3.8) is 0 Å². The van der Waals surface area contributed by atoms with Gasteiger partial charge >= 0.3 is 0 Å². The topological polar surface area (TPSA) is 9.23 Å². The van der Waals surface area contributed by atoms with Crippen LogP contribution < -0.4 is 0 Å². The predicted octanol–water partition coefficient (Wildman–Crippen LogP) is 5.86. The van der Waals surface area contributed by atoms with Crippen molar-refractivity contribution in [2.75, 3.05) is 7.11 Å². The minimum absolute atomic E-state index is 0.840. The summed E-state index contributed by atoms with van der Waals surface area (Å²) in [4.78, 5) is 0. The van der Waals surface area contributed by atoms with Gasteiger partial charge in [0.25, 0.3) is 0 Å². The predicted molar refractivity (Wildman–Crippen MR) is 88.1 cm³/mol. The van der Waals surface area contributed by atoms with Crippen molar-refractivity contribution in [2.45, 2.75) is 34.6 Å². The van der Waals surface area contributed by atoms with E-state index in [9.17, 15) is 0 Å². The van der Waals surface area contributed by atoms with E-state index in [1.165, 1.54) is 0 Å². The molecule has 0 fully saturated rings. The first-order valence-corrected chi connectivity index (χ1v) is 6.90. The summed E-state index contributed by atoms with van der Waals surface area (Å²) in [6.45, 7) is 13.9. The number of benzene rings is 1. The second kappa shape index (κ2) is 14.3. The number of hydrogen-bond acceptors (Lipinski definition) is 1. The molecule has 19 heavy (non-hydrogen) atoms. The molecular weight excluding hydrogens is 232 g/mol. The largest absolute Gasteiger partial charge is 0.497 e. The average molecular weight is 260 g/mol. The number of methoxy groups -OCH3 is 1. The van der Waals surface area contributed by atoms with Crippen molar-refractivity contribution < 1.29 is 4.74 Å². The van der Waals surface area contributed by atoms with Gasteiger partial charge < -0.3 is 4.74 Å². The quantitative estimate of drug-likeness (QED) is 0.487. The molecule has 1 aromatic rings. The first kappa shape index (κ1) is 19.6. The molecule has 0 radical (unpaired) electrons. The molecule has 0 aliphatic heterocycles. The maximum absolute atomic E-state index is 5.12. The molecule has 0 unspecified atom stereocenters. The summed E-state index contributed by atoms with van der Waals surface area (Å²) in [7, 11) is 1.66. The zero-order valence-electron chi connectivity index (χ0n) is 13.2. The van der Waals surface area contributed by atoms with Gasteiger partial charge in [-0.2, -0.15) is 0 Å². The molecule has 0 amide bonds. The van der Waals surface area contributed by atoms with Crippen molar-refractivity contribution in [2.24, 2.45) is 0 Å². The molecule has 0 N–H and O–H groups in total.